The van der Waals surface area contributed by atoms with Crippen molar-refractivity contribution in [3.8, 4) is 5.75 Å². The Morgan fingerprint density at radius 1 is 1.45 bits per heavy atom. The molecule has 0 aliphatic carbocycles. The molecule has 3 rings (SSSR count). The molecule has 1 aromatic heterocycles. The Kier molecular flexibility index (Phi) is 3.31. The van der Waals surface area contributed by atoms with E-state index in [0.717, 1.165) is 0 Å². The van der Waals surface area contributed by atoms with Crippen molar-refractivity contribution in [3.63, 3.8) is 0 Å². The van der Waals surface area contributed by atoms with Crippen LogP contribution in [0.5, 0.6) is 5.75 Å². The van der Waals surface area contributed by atoms with E-state index in [-0.39, 0.29) is 18.1 Å². The fraction of sp³-hybridized carbons (Fsp3) is 0.357. The molecule has 5 nitrogen and oxygen atoms in total. The first-order valence-electron chi connectivity index (χ1n) is 6.49. The highest BCUT2D eigenvalue weighted by Crippen LogP contribution is 2.34. The van der Waals surface area contributed by atoms with Crippen LogP contribution in [0.15, 0.2) is 28.7 Å². The van der Waals surface area contributed by atoms with Crippen molar-refractivity contribution >= 4 is 16.9 Å². The molecule has 1 aliphatic rings. The Hall–Kier alpha value is -2.08. The quantitative estimate of drug-likeness (QED) is 0.894. The predicted molar refractivity (Wildman–Crippen MR) is 71.5 cm³/mol. The molecule has 1 fully saturated rings. The number of ether oxygens (including phenoxy) is 1. The summed E-state index contributed by atoms with van der Waals surface area (Å²) in [7, 11) is 0. The molecule has 3 N–H and O–H groups in total. The molecule has 20 heavy (non-hydrogen) atoms. The molecule has 0 bridgehead atoms. The SMILES string of the molecule is NC(=O)c1oc2ccccc2c1OC1CCNCC1F. The van der Waals surface area contributed by atoms with E-state index in [0.29, 0.717) is 23.9 Å². The average molecular weight is 278 g/mol. The molecule has 2 unspecified atom stereocenters. The first-order valence-corrected chi connectivity index (χ1v) is 6.49. The molecule has 2 aromatic rings. The Balaban J connectivity index is 2.00. The van der Waals surface area contributed by atoms with Crippen molar-refractivity contribution < 1.29 is 18.3 Å². The lowest BCUT2D eigenvalue weighted by atomic mass is 10.1. The Labute approximate surface area is 114 Å². The number of amides is 1. The third-order valence-corrected chi connectivity index (χ3v) is 3.39. The van der Waals surface area contributed by atoms with Crippen molar-refractivity contribution in [2.45, 2.75) is 18.7 Å². The van der Waals surface area contributed by atoms with Crippen LogP contribution in [-0.4, -0.2) is 31.3 Å². The highest BCUT2D eigenvalue weighted by atomic mass is 19.1. The van der Waals surface area contributed by atoms with Gasteiger partial charge in [0.2, 0.25) is 5.76 Å². The number of rotatable bonds is 3. The number of nitrogens with two attached hydrogens (primary N) is 1. The molecule has 0 spiro atoms. The van der Waals surface area contributed by atoms with Gasteiger partial charge in [-0.1, -0.05) is 12.1 Å². The van der Waals surface area contributed by atoms with E-state index in [9.17, 15) is 9.18 Å². The summed E-state index contributed by atoms with van der Waals surface area (Å²) in [6, 6.07) is 7.05. The van der Waals surface area contributed by atoms with Crippen molar-refractivity contribution in [3.05, 3.63) is 30.0 Å². The summed E-state index contributed by atoms with van der Waals surface area (Å²) in [6.07, 6.45) is -1.20. The average Bonchev–Trinajstić information content (AvgIpc) is 2.81. The number of carbonyl (C=O) groups excluding carboxylic acids is 1. The number of fused-ring (bicyclic) bond motifs is 1. The van der Waals surface area contributed by atoms with Crippen LogP contribution in [-0.2, 0) is 0 Å². The van der Waals surface area contributed by atoms with Gasteiger partial charge in [0.25, 0.3) is 5.91 Å². The second-order valence-corrected chi connectivity index (χ2v) is 4.79. The number of nitrogens with one attached hydrogen (secondary N) is 1. The second-order valence-electron chi connectivity index (χ2n) is 4.79. The van der Waals surface area contributed by atoms with Gasteiger partial charge in [-0.05, 0) is 25.1 Å². The number of hydrogen-bond acceptors (Lipinski definition) is 4. The van der Waals surface area contributed by atoms with Crippen LogP contribution in [0.3, 0.4) is 0 Å². The van der Waals surface area contributed by atoms with Gasteiger partial charge in [0.1, 0.15) is 17.9 Å². The second kappa shape index (κ2) is 5.13. The lowest BCUT2D eigenvalue weighted by molar-refractivity contribution is 0.0709. The van der Waals surface area contributed by atoms with Crippen LogP contribution in [0.4, 0.5) is 4.39 Å². The van der Waals surface area contributed by atoms with Gasteiger partial charge in [-0.2, -0.15) is 0 Å². The van der Waals surface area contributed by atoms with E-state index in [1.165, 1.54) is 0 Å². The molecule has 1 aromatic carbocycles. The summed E-state index contributed by atoms with van der Waals surface area (Å²) >= 11 is 0. The number of halogens is 1. The molecular weight excluding hydrogens is 263 g/mol. The Morgan fingerprint density at radius 3 is 3.00 bits per heavy atom. The van der Waals surface area contributed by atoms with Crippen molar-refractivity contribution in [1.29, 1.82) is 0 Å². The number of alkyl halides is 1. The van der Waals surface area contributed by atoms with Gasteiger partial charge in [-0.25, -0.2) is 4.39 Å². The maximum absolute atomic E-state index is 13.8. The molecule has 6 heteroatoms. The Bertz CT molecular complexity index is 640. The lowest BCUT2D eigenvalue weighted by Crippen LogP contribution is -2.44. The van der Waals surface area contributed by atoms with Crippen molar-refractivity contribution in [1.82, 2.24) is 5.32 Å². The third kappa shape index (κ3) is 2.22. The molecule has 106 valence electrons. The number of para-hydroxylation sites is 1. The van der Waals surface area contributed by atoms with Crippen LogP contribution in [0.1, 0.15) is 17.0 Å². The molecular formula is C14H15FN2O3. The van der Waals surface area contributed by atoms with E-state index in [1.54, 1.807) is 24.3 Å². The van der Waals surface area contributed by atoms with Gasteiger partial charge >= 0.3 is 0 Å². The van der Waals surface area contributed by atoms with Crippen LogP contribution < -0.4 is 15.8 Å². The molecule has 2 atom stereocenters. The van der Waals surface area contributed by atoms with Gasteiger partial charge in [0.05, 0.1) is 5.39 Å². The smallest absolute Gasteiger partial charge is 0.288 e. The van der Waals surface area contributed by atoms with Crippen LogP contribution in [0.2, 0.25) is 0 Å². The predicted octanol–water partition coefficient (Wildman–Crippen LogP) is 1.61. The van der Waals surface area contributed by atoms with Gasteiger partial charge < -0.3 is 20.2 Å². The molecule has 0 saturated carbocycles. The number of furan rings is 1. The summed E-state index contributed by atoms with van der Waals surface area (Å²) in [5, 5.41) is 3.58. The lowest BCUT2D eigenvalue weighted by Gasteiger charge is -2.27. The van der Waals surface area contributed by atoms with Crippen LogP contribution in [0, 0.1) is 0 Å². The molecule has 1 aliphatic heterocycles. The minimum absolute atomic E-state index is 0.0584. The van der Waals surface area contributed by atoms with E-state index in [2.05, 4.69) is 5.32 Å². The fourth-order valence-corrected chi connectivity index (χ4v) is 2.38. The number of primary amides is 1. The minimum Gasteiger partial charge on any atom is -0.482 e. The molecule has 0 radical (unpaired) electrons. The molecule has 1 saturated heterocycles. The van der Waals surface area contributed by atoms with Gasteiger partial charge in [0.15, 0.2) is 5.75 Å². The number of piperidine rings is 1. The van der Waals surface area contributed by atoms with Crippen molar-refractivity contribution in [2.75, 3.05) is 13.1 Å². The van der Waals surface area contributed by atoms with Crippen molar-refractivity contribution in [2.24, 2.45) is 5.73 Å². The van der Waals surface area contributed by atoms with Crippen LogP contribution in [0.25, 0.3) is 11.0 Å². The van der Waals surface area contributed by atoms with E-state index < -0.39 is 18.2 Å². The largest absolute Gasteiger partial charge is 0.482 e. The first kappa shape index (κ1) is 12.9. The molecule has 2 heterocycles. The first-order chi connectivity index (χ1) is 9.66. The summed E-state index contributed by atoms with van der Waals surface area (Å²) in [5.41, 5.74) is 5.80. The number of benzene rings is 1. The van der Waals surface area contributed by atoms with Gasteiger partial charge in [-0.3, -0.25) is 4.79 Å². The van der Waals surface area contributed by atoms with E-state index >= 15 is 0 Å². The fourth-order valence-electron chi connectivity index (χ4n) is 2.38. The van der Waals surface area contributed by atoms with Gasteiger partial charge in [-0.15, -0.1) is 0 Å². The summed E-state index contributed by atoms with van der Waals surface area (Å²) in [5.74, 6) is -0.542. The van der Waals surface area contributed by atoms with E-state index in [4.69, 9.17) is 14.9 Å². The Morgan fingerprint density at radius 2 is 2.25 bits per heavy atom. The highest BCUT2D eigenvalue weighted by Gasteiger charge is 2.30. The monoisotopic (exact) mass is 278 g/mol. The topological polar surface area (TPSA) is 77.5 Å². The highest BCUT2D eigenvalue weighted by molar-refractivity contribution is 6.00. The minimum atomic E-state index is -1.13. The maximum Gasteiger partial charge on any atom is 0.288 e. The number of carbonyl (C=O) groups is 1. The summed E-state index contributed by atoms with van der Waals surface area (Å²) < 4.78 is 24.9. The number of hydrogen-bond donors (Lipinski definition) is 2. The van der Waals surface area contributed by atoms with Gasteiger partial charge in [0, 0.05) is 6.54 Å². The summed E-state index contributed by atoms with van der Waals surface area (Å²) in [4.78, 5) is 11.5. The normalized spacial score (nSPS) is 22.9. The molecule has 1 amide bonds. The standard InChI is InChI=1S/C14H15FN2O3/c15-9-7-17-6-5-11(9)20-12-8-3-1-2-4-10(8)19-13(12)14(16)18/h1-4,9,11,17H,5-7H2,(H2,16,18). The zero-order chi connectivity index (χ0) is 14.1. The zero-order valence-electron chi connectivity index (χ0n) is 10.8. The van der Waals surface area contributed by atoms with E-state index in [1.807, 2.05) is 0 Å². The zero-order valence-corrected chi connectivity index (χ0v) is 10.8. The third-order valence-electron chi connectivity index (χ3n) is 3.39. The maximum atomic E-state index is 13.8. The summed E-state index contributed by atoms with van der Waals surface area (Å²) in [6.45, 7) is 0.916. The van der Waals surface area contributed by atoms with Crippen LogP contribution >= 0.6 is 0 Å².